The lowest BCUT2D eigenvalue weighted by atomic mass is 10.0. The molecular weight excluding hydrogens is 438 g/mol. The molecule has 1 aromatic heterocycles. The van der Waals surface area contributed by atoms with Gasteiger partial charge in [-0.2, -0.15) is 0 Å². The summed E-state index contributed by atoms with van der Waals surface area (Å²) in [5.74, 6) is 2.10. The van der Waals surface area contributed by atoms with Crippen molar-refractivity contribution in [1.29, 1.82) is 0 Å². The van der Waals surface area contributed by atoms with E-state index in [1.54, 1.807) is 19.2 Å². The van der Waals surface area contributed by atoms with Crippen LogP contribution in [0.25, 0.3) is 22.3 Å². The summed E-state index contributed by atoms with van der Waals surface area (Å²) in [6.45, 7) is 7.64. The van der Waals surface area contributed by atoms with E-state index in [2.05, 4.69) is 4.90 Å². The third kappa shape index (κ3) is 5.19. The van der Waals surface area contributed by atoms with Crippen molar-refractivity contribution in [2.45, 2.75) is 20.0 Å². The fourth-order valence-corrected chi connectivity index (χ4v) is 4.28. The van der Waals surface area contributed by atoms with Crippen LogP contribution in [0.5, 0.6) is 17.2 Å². The van der Waals surface area contributed by atoms with Gasteiger partial charge in [-0.25, -0.2) is 0 Å². The Morgan fingerprint density at radius 1 is 1.03 bits per heavy atom. The maximum Gasteiger partial charge on any atom is 0.197 e. The molecule has 8 heteroatoms. The molecule has 2 aromatic carbocycles. The van der Waals surface area contributed by atoms with E-state index in [1.165, 1.54) is 13.2 Å². The molecule has 0 bridgehead atoms. The van der Waals surface area contributed by atoms with Gasteiger partial charge in [0.1, 0.15) is 46.7 Å². The predicted molar refractivity (Wildman–Crippen MR) is 129 cm³/mol. The number of nitrogens with zero attached hydrogens (tertiary/aromatic N) is 1. The molecule has 0 amide bonds. The van der Waals surface area contributed by atoms with Crippen molar-refractivity contribution >= 4 is 11.0 Å². The average Bonchev–Trinajstić information content (AvgIpc) is 2.83. The minimum absolute atomic E-state index is 0.197. The fraction of sp³-hybridized carbons (Fsp3) is 0.423. The van der Waals surface area contributed by atoms with Gasteiger partial charge in [-0.15, -0.1) is 0 Å². The van der Waals surface area contributed by atoms with Gasteiger partial charge in [0.25, 0.3) is 0 Å². The monoisotopic (exact) mass is 469 g/mol. The van der Waals surface area contributed by atoms with E-state index >= 15 is 0 Å². The maximum absolute atomic E-state index is 12.9. The molecule has 0 saturated carbocycles. The molecule has 0 spiro atoms. The van der Waals surface area contributed by atoms with Crippen LogP contribution in [-0.2, 0) is 4.74 Å². The first-order chi connectivity index (χ1) is 16.4. The second kappa shape index (κ2) is 10.5. The van der Waals surface area contributed by atoms with Crippen LogP contribution in [0.15, 0.2) is 39.5 Å². The number of ether oxygens (including phenoxy) is 4. The molecule has 3 aromatic rings. The number of aliphatic hydroxyl groups excluding tert-OH is 1. The van der Waals surface area contributed by atoms with E-state index in [9.17, 15) is 9.90 Å². The lowest BCUT2D eigenvalue weighted by molar-refractivity contribution is 0.00454. The van der Waals surface area contributed by atoms with Crippen LogP contribution >= 0.6 is 0 Å². The highest BCUT2D eigenvalue weighted by Crippen LogP contribution is 2.34. The van der Waals surface area contributed by atoms with E-state index < -0.39 is 6.10 Å². The number of benzene rings is 2. The Morgan fingerprint density at radius 2 is 1.74 bits per heavy atom. The molecule has 1 unspecified atom stereocenters. The standard InChI is InChI=1S/C26H31NO7/c1-16-9-18(10-17(2)26(16)33-15-19(28)14-27-5-7-32-8-6-27)22-13-21(29)25-23(31-4)11-20(30-3)12-24(25)34-22/h9-13,19,28H,5-8,14-15H2,1-4H3. The van der Waals surface area contributed by atoms with Crippen molar-refractivity contribution in [2.75, 3.05) is 53.7 Å². The van der Waals surface area contributed by atoms with Gasteiger partial charge in [0, 0.05) is 43.4 Å². The van der Waals surface area contributed by atoms with E-state index in [4.69, 9.17) is 23.4 Å². The van der Waals surface area contributed by atoms with Crippen LogP contribution in [0.3, 0.4) is 0 Å². The van der Waals surface area contributed by atoms with Crippen LogP contribution in [0.1, 0.15) is 11.1 Å². The first kappa shape index (κ1) is 24.1. The van der Waals surface area contributed by atoms with Crippen molar-refractivity contribution in [2.24, 2.45) is 0 Å². The smallest absolute Gasteiger partial charge is 0.197 e. The van der Waals surface area contributed by atoms with Crippen LogP contribution in [0.4, 0.5) is 0 Å². The summed E-state index contributed by atoms with van der Waals surface area (Å²) >= 11 is 0. The number of aliphatic hydroxyl groups is 1. The van der Waals surface area contributed by atoms with Gasteiger partial charge >= 0.3 is 0 Å². The number of hydrogen-bond acceptors (Lipinski definition) is 8. The molecule has 1 aliphatic rings. The molecular formula is C26H31NO7. The van der Waals surface area contributed by atoms with Crippen molar-refractivity contribution in [1.82, 2.24) is 4.90 Å². The van der Waals surface area contributed by atoms with Gasteiger partial charge in [-0.05, 0) is 37.1 Å². The molecule has 0 radical (unpaired) electrons. The number of β-amino-alcohol motifs (C(OH)–C–C–N with tert-alkyl or cyclic N) is 1. The summed E-state index contributed by atoms with van der Waals surface area (Å²) in [6, 6.07) is 8.64. The number of methoxy groups -OCH3 is 2. The summed E-state index contributed by atoms with van der Waals surface area (Å²) in [4.78, 5) is 15.1. The summed E-state index contributed by atoms with van der Waals surface area (Å²) < 4.78 is 28.1. The molecule has 1 N–H and O–H groups in total. The predicted octanol–water partition coefficient (Wildman–Crippen LogP) is 3.17. The SMILES string of the molecule is COc1cc(OC)c2c(=O)cc(-c3cc(C)c(OCC(O)CN4CCOCC4)c(C)c3)oc2c1. The number of rotatable bonds is 8. The zero-order valence-electron chi connectivity index (χ0n) is 20.1. The Bertz CT molecular complexity index is 1190. The quantitative estimate of drug-likeness (QED) is 0.538. The van der Waals surface area contributed by atoms with Gasteiger partial charge in [0.15, 0.2) is 5.43 Å². The minimum Gasteiger partial charge on any atom is -0.496 e. The van der Waals surface area contributed by atoms with Gasteiger partial charge < -0.3 is 28.5 Å². The molecule has 182 valence electrons. The summed E-state index contributed by atoms with van der Waals surface area (Å²) in [5.41, 5.74) is 2.73. The first-order valence-electron chi connectivity index (χ1n) is 11.3. The van der Waals surface area contributed by atoms with Crippen molar-refractivity contribution in [3.05, 3.63) is 51.7 Å². The normalized spacial score (nSPS) is 15.3. The van der Waals surface area contributed by atoms with Crippen LogP contribution in [0, 0.1) is 13.8 Å². The lowest BCUT2D eigenvalue weighted by Gasteiger charge is -2.28. The van der Waals surface area contributed by atoms with Crippen molar-refractivity contribution in [3.8, 4) is 28.6 Å². The van der Waals surface area contributed by atoms with Crippen LogP contribution in [-0.4, -0.2) is 69.8 Å². The first-order valence-corrected chi connectivity index (χ1v) is 11.3. The molecule has 0 aliphatic carbocycles. The van der Waals surface area contributed by atoms with Gasteiger partial charge in [-0.3, -0.25) is 9.69 Å². The van der Waals surface area contributed by atoms with E-state index in [0.717, 1.165) is 35.5 Å². The van der Waals surface area contributed by atoms with Gasteiger partial charge in [-0.1, -0.05) is 0 Å². The number of hydrogen-bond donors (Lipinski definition) is 1. The Hall–Kier alpha value is -3.07. The van der Waals surface area contributed by atoms with Crippen molar-refractivity contribution in [3.63, 3.8) is 0 Å². The molecule has 8 nitrogen and oxygen atoms in total. The van der Waals surface area contributed by atoms with Crippen LogP contribution < -0.4 is 19.6 Å². The average molecular weight is 470 g/mol. The van der Waals surface area contributed by atoms with Crippen LogP contribution in [0.2, 0.25) is 0 Å². The third-order valence-corrected chi connectivity index (χ3v) is 5.96. The Balaban J connectivity index is 1.57. The lowest BCUT2D eigenvalue weighted by Crippen LogP contribution is -2.42. The third-order valence-electron chi connectivity index (χ3n) is 5.96. The zero-order chi connectivity index (χ0) is 24.2. The molecule has 4 rings (SSSR count). The molecule has 34 heavy (non-hydrogen) atoms. The number of fused-ring (bicyclic) bond motifs is 1. The highest BCUT2D eigenvalue weighted by Gasteiger charge is 2.18. The van der Waals surface area contributed by atoms with Crippen molar-refractivity contribution < 1.29 is 28.5 Å². The molecule has 1 saturated heterocycles. The number of morpholine rings is 1. The fourth-order valence-electron chi connectivity index (χ4n) is 4.28. The Morgan fingerprint density at radius 3 is 2.38 bits per heavy atom. The maximum atomic E-state index is 12.9. The molecule has 1 fully saturated rings. The van der Waals surface area contributed by atoms with E-state index in [1.807, 2.05) is 26.0 Å². The summed E-state index contributed by atoms with van der Waals surface area (Å²) in [7, 11) is 3.05. The molecule has 1 aliphatic heterocycles. The largest absolute Gasteiger partial charge is 0.496 e. The van der Waals surface area contributed by atoms with Gasteiger partial charge in [0.05, 0.1) is 27.4 Å². The highest BCUT2D eigenvalue weighted by molar-refractivity contribution is 5.86. The molecule has 1 atom stereocenters. The Labute approximate surface area is 198 Å². The molecule has 2 heterocycles. The Kier molecular flexibility index (Phi) is 7.41. The minimum atomic E-state index is -0.597. The topological polar surface area (TPSA) is 90.6 Å². The number of aryl methyl sites for hydroxylation is 2. The van der Waals surface area contributed by atoms with E-state index in [0.29, 0.717) is 48.0 Å². The van der Waals surface area contributed by atoms with Gasteiger partial charge in [0.2, 0.25) is 0 Å². The summed E-state index contributed by atoms with van der Waals surface area (Å²) in [5, 5.41) is 10.8. The summed E-state index contributed by atoms with van der Waals surface area (Å²) in [6.07, 6.45) is -0.597. The zero-order valence-corrected chi connectivity index (χ0v) is 20.1. The second-order valence-electron chi connectivity index (χ2n) is 8.49. The second-order valence-corrected chi connectivity index (χ2v) is 8.49. The highest BCUT2D eigenvalue weighted by atomic mass is 16.5. The van der Waals surface area contributed by atoms with E-state index in [-0.39, 0.29) is 12.0 Å².